The molecule has 2 rings (SSSR count). The number of hydrogen-bond acceptors (Lipinski definition) is 1. The maximum atomic E-state index is 13.5. The van der Waals surface area contributed by atoms with E-state index in [4.69, 9.17) is 0 Å². The van der Waals surface area contributed by atoms with E-state index in [0.29, 0.717) is 12.5 Å². The van der Waals surface area contributed by atoms with Crippen LogP contribution in [0.25, 0.3) is 0 Å². The zero-order valence-corrected chi connectivity index (χ0v) is 11.6. The van der Waals surface area contributed by atoms with Gasteiger partial charge in [0.05, 0.1) is 0 Å². The predicted octanol–water partition coefficient (Wildman–Crippen LogP) is 4.37. The van der Waals surface area contributed by atoms with Crippen LogP contribution in [0.1, 0.15) is 64.7 Å². The number of alkyl halides is 2. The molecule has 0 aromatic carbocycles. The van der Waals surface area contributed by atoms with Gasteiger partial charge in [-0.25, -0.2) is 8.78 Å². The van der Waals surface area contributed by atoms with Gasteiger partial charge in [-0.1, -0.05) is 32.6 Å². The van der Waals surface area contributed by atoms with Crippen LogP contribution >= 0.6 is 0 Å². The fourth-order valence-corrected chi connectivity index (χ4v) is 3.86. The van der Waals surface area contributed by atoms with Gasteiger partial charge in [0.15, 0.2) is 0 Å². The van der Waals surface area contributed by atoms with Crippen LogP contribution in [-0.4, -0.2) is 18.5 Å². The molecule has 3 heteroatoms. The molecule has 0 saturated heterocycles. The molecule has 2 aliphatic rings. The first kappa shape index (κ1) is 14.2. The van der Waals surface area contributed by atoms with Crippen molar-refractivity contribution in [2.45, 2.75) is 76.7 Å². The van der Waals surface area contributed by atoms with Gasteiger partial charge in [0.1, 0.15) is 0 Å². The molecule has 2 unspecified atom stereocenters. The normalized spacial score (nSPS) is 30.5. The van der Waals surface area contributed by atoms with E-state index in [1.165, 1.54) is 25.7 Å². The lowest BCUT2D eigenvalue weighted by atomic mass is 9.78. The summed E-state index contributed by atoms with van der Waals surface area (Å²) in [6, 6.07) is 0.323. The average molecular weight is 259 g/mol. The SMILES string of the molecule is CCNC(CC1CCCC1)C1CCCC(F)(F)C1. The van der Waals surface area contributed by atoms with Crippen LogP contribution in [0.15, 0.2) is 0 Å². The second kappa shape index (κ2) is 6.31. The first-order valence-electron chi connectivity index (χ1n) is 7.72. The smallest absolute Gasteiger partial charge is 0.248 e. The van der Waals surface area contributed by atoms with E-state index in [9.17, 15) is 8.78 Å². The van der Waals surface area contributed by atoms with Gasteiger partial charge in [-0.15, -0.1) is 0 Å². The summed E-state index contributed by atoms with van der Waals surface area (Å²) in [4.78, 5) is 0. The van der Waals surface area contributed by atoms with Crippen molar-refractivity contribution in [2.24, 2.45) is 11.8 Å². The van der Waals surface area contributed by atoms with Crippen molar-refractivity contribution < 1.29 is 8.78 Å². The average Bonchev–Trinajstić information content (AvgIpc) is 2.80. The molecule has 0 aliphatic heterocycles. The number of halogens is 2. The van der Waals surface area contributed by atoms with Gasteiger partial charge in [0.2, 0.25) is 5.92 Å². The predicted molar refractivity (Wildman–Crippen MR) is 70.9 cm³/mol. The van der Waals surface area contributed by atoms with Crippen molar-refractivity contribution in [3.63, 3.8) is 0 Å². The Hall–Kier alpha value is -0.180. The highest BCUT2D eigenvalue weighted by molar-refractivity contribution is 4.87. The van der Waals surface area contributed by atoms with Gasteiger partial charge >= 0.3 is 0 Å². The third kappa shape index (κ3) is 3.91. The molecule has 106 valence electrons. The molecule has 1 nitrogen and oxygen atoms in total. The molecule has 0 aromatic heterocycles. The Labute approximate surface area is 110 Å². The molecule has 2 atom stereocenters. The van der Waals surface area contributed by atoms with E-state index in [-0.39, 0.29) is 18.8 Å². The van der Waals surface area contributed by atoms with Gasteiger partial charge in [-0.2, -0.15) is 0 Å². The molecule has 0 heterocycles. The van der Waals surface area contributed by atoms with E-state index in [1.54, 1.807) is 0 Å². The van der Waals surface area contributed by atoms with Crippen LogP contribution in [0.5, 0.6) is 0 Å². The van der Waals surface area contributed by atoms with Crippen molar-refractivity contribution >= 4 is 0 Å². The Balaban J connectivity index is 1.90. The Morgan fingerprint density at radius 2 is 1.89 bits per heavy atom. The summed E-state index contributed by atoms with van der Waals surface area (Å²) >= 11 is 0. The Morgan fingerprint density at radius 3 is 2.50 bits per heavy atom. The minimum absolute atomic E-state index is 0.103. The summed E-state index contributed by atoms with van der Waals surface area (Å²) in [5.74, 6) is -1.44. The number of hydrogen-bond donors (Lipinski definition) is 1. The molecular weight excluding hydrogens is 232 g/mol. The fraction of sp³-hybridized carbons (Fsp3) is 1.00. The molecule has 0 bridgehead atoms. The lowest BCUT2D eigenvalue weighted by molar-refractivity contribution is -0.0592. The van der Waals surface area contributed by atoms with Gasteiger partial charge in [-0.05, 0) is 37.6 Å². The van der Waals surface area contributed by atoms with Crippen molar-refractivity contribution in [1.82, 2.24) is 5.32 Å². The monoisotopic (exact) mass is 259 g/mol. The van der Waals surface area contributed by atoms with E-state index < -0.39 is 5.92 Å². The van der Waals surface area contributed by atoms with Crippen molar-refractivity contribution in [2.75, 3.05) is 6.54 Å². The standard InChI is InChI=1S/C15H27F2N/c1-2-18-14(10-12-6-3-4-7-12)13-8-5-9-15(16,17)11-13/h12-14,18H,2-11H2,1H3. The molecule has 0 spiro atoms. The van der Waals surface area contributed by atoms with Gasteiger partial charge in [0, 0.05) is 18.9 Å². The Bertz CT molecular complexity index is 249. The van der Waals surface area contributed by atoms with Crippen molar-refractivity contribution in [1.29, 1.82) is 0 Å². The molecule has 1 N–H and O–H groups in total. The van der Waals surface area contributed by atoms with Crippen LogP contribution < -0.4 is 5.32 Å². The summed E-state index contributed by atoms with van der Waals surface area (Å²) in [5, 5.41) is 3.48. The molecular formula is C15H27F2N. The van der Waals surface area contributed by atoms with E-state index >= 15 is 0 Å². The van der Waals surface area contributed by atoms with E-state index in [1.807, 2.05) is 0 Å². The largest absolute Gasteiger partial charge is 0.314 e. The molecule has 18 heavy (non-hydrogen) atoms. The zero-order valence-electron chi connectivity index (χ0n) is 11.6. The minimum atomic E-state index is -2.41. The molecule has 0 aromatic rings. The fourth-order valence-electron chi connectivity index (χ4n) is 3.86. The third-order valence-electron chi connectivity index (χ3n) is 4.78. The summed E-state index contributed by atoms with van der Waals surface area (Å²) < 4.78 is 27.1. The number of nitrogens with one attached hydrogen (secondary N) is 1. The second-order valence-electron chi connectivity index (χ2n) is 6.26. The first-order chi connectivity index (χ1) is 8.61. The van der Waals surface area contributed by atoms with Gasteiger partial charge in [0.25, 0.3) is 0 Å². The summed E-state index contributed by atoms with van der Waals surface area (Å²) in [5.41, 5.74) is 0. The lowest BCUT2D eigenvalue weighted by Crippen LogP contribution is -2.42. The van der Waals surface area contributed by atoms with Crippen LogP contribution in [0.4, 0.5) is 8.78 Å². The second-order valence-corrected chi connectivity index (χ2v) is 6.26. The molecule has 2 saturated carbocycles. The minimum Gasteiger partial charge on any atom is -0.314 e. The Morgan fingerprint density at radius 1 is 1.17 bits per heavy atom. The summed E-state index contributed by atoms with van der Waals surface area (Å²) in [7, 11) is 0. The molecule has 2 fully saturated rings. The van der Waals surface area contributed by atoms with E-state index in [2.05, 4.69) is 12.2 Å². The summed E-state index contributed by atoms with van der Waals surface area (Å²) in [6.07, 6.45) is 8.31. The van der Waals surface area contributed by atoms with Crippen LogP contribution in [0.2, 0.25) is 0 Å². The first-order valence-corrected chi connectivity index (χ1v) is 7.72. The topological polar surface area (TPSA) is 12.0 Å². The summed E-state index contributed by atoms with van der Waals surface area (Å²) in [6.45, 7) is 2.99. The van der Waals surface area contributed by atoms with Gasteiger partial charge < -0.3 is 5.32 Å². The highest BCUT2D eigenvalue weighted by atomic mass is 19.3. The van der Waals surface area contributed by atoms with Crippen LogP contribution in [-0.2, 0) is 0 Å². The highest BCUT2D eigenvalue weighted by Crippen LogP contribution is 2.40. The number of rotatable bonds is 5. The van der Waals surface area contributed by atoms with Gasteiger partial charge in [-0.3, -0.25) is 0 Å². The maximum Gasteiger partial charge on any atom is 0.248 e. The molecule has 0 amide bonds. The van der Waals surface area contributed by atoms with Crippen LogP contribution in [0, 0.1) is 11.8 Å². The Kier molecular flexibility index (Phi) is 4.99. The lowest BCUT2D eigenvalue weighted by Gasteiger charge is -2.36. The van der Waals surface area contributed by atoms with Crippen molar-refractivity contribution in [3.8, 4) is 0 Å². The third-order valence-corrected chi connectivity index (χ3v) is 4.78. The maximum absolute atomic E-state index is 13.5. The molecule has 2 aliphatic carbocycles. The molecule has 0 radical (unpaired) electrons. The zero-order chi connectivity index (χ0) is 13.0. The van der Waals surface area contributed by atoms with Crippen molar-refractivity contribution in [3.05, 3.63) is 0 Å². The highest BCUT2D eigenvalue weighted by Gasteiger charge is 2.39. The quantitative estimate of drug-likeness (QED) is 0.773. The van der Waals surface area contributed by atoms with Crippen LogP contribution in [0.3, 0.4) is 0 Å². The van der Waals surface area contributed by atoms with E-state index in [0.717, 1.165) is 25.3 Å².